The van der Waals surface area contributed by atoms with Gasteiger partial charge in [0.15, 0.2) is 12.3 Å². The van der Waals surface area contributed by atoms with Crippen molar-refractivity contribution in [1.82, 2.24) is 19.7 Å². The molecule has 0 fully saturated rings. The zero-order valence-electron chi connectivity index (χ0n) is 17.6. The van der Waals surface area contributed by atoms with Crippen molar-refractivity contribution in [2.75, 3.05) is 13.2 Å². The summed E-state index contributed by atoms with van der Waals surface area (Å²) in [7, 11) is 0. The Bertz CT molecular complexity index is 1130. The Balaban J connectivity index is 1.73. The number of hydrogen-bond donors (Lipinski definition) is 1. The molecule has 30 heavy (non-hydrogen) atoms. The van der Waals surface area contributed by atoms with Gasteiger partial charge in [0.1, 0.15) is 5.69 Å². The van der Waals surface area contributed by atoms with Gasteiger partial charge < -0.3 is 14.5 Å². The number of aryl methyl sites for hydroxylation is 1. The van der Waals surface area contributed by atoms with Crippen molar-refractivity contribution in [1.29, 1.82) is 0 Å². The number of fused-ring (bicyclic) bond motifs is 1. The Kier molecular flexibility index (Phi) is 6.00. The number of aromatic amines is 1. The molecule has 0 aliphatic rings. The molecule has 0 atom stereocenters. The Morgan fingerprint density at radius 3 is 2.53 bits per heavy atom. The highest BCUT2D eigenvalue weighted by atomic mass is 16.5. The molecule has 3 heterocycles. The average molecular weight is 412 g/mol. The van der Waals surface area contributed by atoms with E-state index < -0.39 is 24.3 Å². The largest absolute Gasteiger partial charge is 0.461 e. The van der Waals surface area contributed by atoms with Crippen LogP contribution in [0.15, 0.2) is 18.5 Å². The molecule has 0 bridgehead atoms. The zero-order valence-corrected chi connectivity index (χ0v) is 17.6. The van der Waals surface area contributed by atoms with Gasteiger partial charge in [0, 0.05) is 28.9 Å². The fourth-order valence-electron chi connectivity index (χ4n) is 3.29. The van der Waals surface area contributed by atoms with E-state index in [1.54, 1.807) is 37.7 Å². The maximum Gasteiger partial charge on any atom is 0.355 e. The van der Waals surface area contributed by atoms with Crippen molar-refractivity contribution in [3.63, 3.8) is 0 Å². The second-order valence-corrected chi connectivity index (χ2v) is 7.16. The van der Waals surface area contributed by atoms with Gasteiger partial charge >= 0.3 is 11.9 Å². The molecule has 0 unspecified atom stereocenters. The topological polar surface area (TPSA) is 116 Å². The van der Waals surface area contributed by atoms with Gasteiger partial charge in [-0.2, -0.15) is 5.10 Å². The van der Waals surface area contributed by atoms with Crippen LogP contribution in [0.4, 0.5) is 0 Å². The smallest absolute Gasteiger partial charge is 0.355 e. The maximum absolute atomic E-state index is 12.6. The quantitative estimate of drug-likeness (QED) is 0.468. The van der Waals surface area contributed by atoms with Crippen LogP contribution in [0, 0.1) is 13.8 Å². The molecule has 1 N–H and O–H groups in total. The molecule has 0 aliphatic heterocycles. The third-order valence-electron chi connectivity index (χ3n) is 4.69. The van der Waals surface area contributed by atoms with E-state index in [9.17, 15) is 14.4 Å². The molecular formula is C21H24N4O5. The van der Waals surface area contributed by atoms with Gasteiger partial charge in [0.25, 0.3) is 0 Å². The van der Waals surface area contributed by atoms with Crippen LogP contribution >= 0.6 is 0 Å². The highest BCUT2D eigenvalue weighted by Gasteiger charge is 2.24. The number of carbonyl (C=O) groups is 3. The molecule has 3 aromatic heterocycles. The third kappa shape index (κ3) is 3.96. The Morgan fingerprint density at radius 2 is 1.87 bits per heavy atom. The first kappa shape index (κ1) is 21.2. The molecule has 0 aliphatic carbocycles. The lowest BCUT2D eigenvalue weighted by molar-refractivity contribution is 0.0473. The number of nitrogens with one attached hydrogen (secondary N) is 1. The van der Waals surface area contributed by atoms with E-state index in [1.165, 1.54) is 6.20 Å². The summed E-state index contributed by atoms with van der Waals surface area (Å²) in [6, 6.07) is 1.77. The molecule has 0 aromatic carbocycles. The zero-order chi connectivity index (χ0) is 22.0. The number of H-pyrrole nitrogens is 1. The third-order valence-corrected chi connectivity index (χ3v) is 4.69. The SMILES string of the molecule is CCOC(=O)c1[nH]c(C)c(C(=O)COC(=O)c2cnc3c(cnn3C(C)C)c2)c1C. The molecule has 3 rings (SSSR count). The average Bonchev–Trinajstić information content (AvgIpc) is 3.26. The molecule has 3 aromatic rings. The number of ether oxygens (including phenoxy) is 2. The van der Waals surface area contributed by atoms with Crippen LogP contribution in [-0.2, 0) is 9.47 Å². The summed E-state index contributed by atoms with van der Waals surface area (Å²) in [5.74, 6) is -1.60. The van der Waals surface area contributed by atoms with E-state index in [2.05, 4.69) is 15.1 Å². The number of pyridine rings is 1. The second-order valence-electron chi connectivity index (χ2n) is 7.16. The molecule has 0 saturated carbocycles. The number of rotatable bonds is 7. The molecule has 0 amide bonds. The van der Waals surface area contributed by atoms with E-state index in [1.807, 2.05) is 13.8 Å². The van der Waals surface area contributed by atoms with Crippen LogP contribution < -0.4 is 0 Å². The summed E-state index contributed by atoms with van der Waals surface area (Å²) in [5.41, 5.74) is 2.42. The lowest BCUT2D eigenvalue weighted by atomic mass is 10.1. The van der Waals surface area contributed by atoms with E-state index >= 15 is 0 Å². The van der Waals surface area contributed by atoms with Gasteiger partial charge in [-0.1, -0.05) is 0 Å². The molecule has 158 valence electrons. The minimum absolute atomic E-state index is 0.137. The lowest BCUT2D eigenvalue weighted by Gasteiger charge is -2.07. The van der Waals surface area contributed by atoms with Gasteiger partial charge in [0.05, 0.1) is 18.4 Å². The molecule has 9 nitrogen and oxygen atoms in total. The molecular weight excluding hydrogens is 388 g/mol. The highest BCUT2D eigenvalue weighted by Crippen LogP contribution is 2.20. The highest BCUT2D eigenvalue weighted by molar-refractivity contribution is 6.04. The Hall–Kier alpha value is -3.49. The summed E-state index contributed by atoms with van der Waals surface area (Å²) in [6.45, 7) is 8.77. The monoisotopic (exact) mass is 412 g/mol. The number of hydrogen-bond acceptors (Lipinski definition) is 7. The van der Waals surface area contributed by atoms with Crippen molar-refractivity contribution in [3.8, 4) is 0 Å². The van der Waals surface area contributed by atoms with Crippen LogP contribution in [-0.4, -0.2) is 50.7 Å². The number of Topliss-reactive ketones (excluding diaryl/α,β-unsaturated/α-hetero) is 1. The molecule has 0 saturated heterocycles. The lowest BCUT2D eigenvalue weighted by Crippen LogP contribution is -2.16. The van der Waals surface area contributed by atoms with Crippen molar-refractivity contribution >= 4 is 28.8 Å². The molecule has 0 radical (unpaired) electrons. The van der Waals surface area contributed by atoms with Crippen LogP contribution in [0.3, 0.4) is 0 Å². The summed E-state index contributed by atoms with van der Waals surface area (Å²) in [5, 5.41) is 4.97. The fraction of sp³-hybridized carbons (Fsp3) is 0.381. The summed E-state index contributed by atoms with van der Waals surface area (Å²) < 4.78 is 11.9. The van der Waals surface area contributed by atoms with Gasteiger partial charge in [-0.15, -0.1) is 0 Å². The predicted molar refractivity (Wildman–Crippen MR) is 109 cm³/mol. The summed E-state index contributed by atoms with van der Waals surface area (Å²) in [4.78, 5) is 44.2. The summed E-state index contributed by atoms with van der Waals surface area (Å²) in [6.07, 6.45) is 3.04. The van der Waals surface area contributed by atoms with Gasteiger partial charge in [0.2, 0.25) is 5.78 Å². The Labute approximate surface area is 173 Å². The first-order valence-corrected chi connectivity index (χ1v) is 9.64. The van der Waals surface area contributed by atoms with Crippen molar-refractivity contribution < 1.29 is 23.9 Å². The van der Waals surface area contributed by atoms with Crippen LogP contribution in [0.1, 0.15) is 69.3 Å². The van der Waals surface area contributed by atoms with Crippen molar-refractivity contribution in [2.45, 2.75) is 40.7 Å². The van der Waals surface area contributed by atoms with E-state index in [-0.39, 0.29) is 23.9 Å². The van der Waals surface area contributed by atoms with Gasteiger partial charge in [-0.3, -0.25) is 4.79 Å². The van der Waals surface area contributed by atoms with Gasteiger partial charge in [-0.05, 0) is 46.2 Å². The number of esters is 2. The van der Waals surface area contributed by atoms with Crippen LogP contribution in [0.25, 0.3) is 11.0 Å². The minimum atomic E-state index is -0.661. The predicted octanol–water partition coefficient (Wildman–Crippen LogP) is 3.17. The van der Waals surface area contributed by atoms with Crippen molar-refractivity contribution in [2.24, 2.45) is 0 Å². The van der Waals surface area contributed by atoms with Crippen molar-refractivity contribution in [3.05, 3.63) is 46.5 Å². The first-order chi connectivity index (χ1) is 14.2. The Morgan fingerprint density at radius 1 is 1.13 bits per heavy atom. The van der Waals surface area contributed by atoms with E-state index in [4.69, 9.17) is 9.47 Å². The number of carbonyl (C=O) groups excluding carboxylic acids is 3. The molecule has 0 spiro atoms. The molecule has 9 heteroatoms. The normalized spacial score (nSPS) is 11.1. The minimum Gasteiger partial charge on any atom is -0.461 e. The van der Waals surface area contributed by atoms with Gasteiger partial charge in [-0.25, -0.2) is 19.3 Å². The first-order valence-electron chi connectivity index (χ1n) is 9.64. The number of nitrogens with zero attached hydrogens (tertiary/aromatic N) is 3. The van der Waals surface area contributed by atoms with E-state index in [0.29, 0.717) is 27.9 Å². The standard InChI is InChI=1S/C21H24N4O5/c1-6-29-21(28)18-12(4)17(13(5)24-18)16(26)10-30-20(27)15-7-14-9-23-25(11(2)3)19(14)22-8-15/h7-9,11,24H,6,10H2,1-5H3. The summed E-state index contributed by atoms with van der Waals surface area (Å²) >= 11 is 0. The second kappa shape index (κ2) is 8.48. The maximum atomic E-state index is 12.6. The number of ketones is 1. The van der Waals surface area contributed by atoms with E-state index in [0.717, 1.165) is 0 Å². The fourth-order valence-corrected chi connectivity index (χ4v) is 3.29. The van der Waals surface area contributed by atoms with Crippen LogP contribution in [0.5, 0.6) is 0 Å². The van der Waals surface area contributed by atoms with Crippen LogP contribution in [0.2, 0.25) is 0 Å². The number of aromatic nitrogens is 4.